The molecule has 0 saturated carbocycles. The Kier molecular flexibility index (Phi) is 5.21. The van der Waals surface area contributed by atoms with Gasteiger partial charge in [-0.15, -0.1) is 0 Å². The van der Waals surface area contributed by atoms with E-state index in [1.807, 2.05) is 71.4 Å². The molecule has 0 saturated heterocycles. The highest BCUT2D eigenvalue weighted by Gasteiger charge is 2.30. The van der Waals surface area contributed by atoms with Gasteiger partial charge in [-0.25, -0.2) is 4.98 Å². The van der Waals surface area contributed by atoms with Crippen LogP contribution in [-0.2, 0) is 12.7 Å². The largest absolute Gasteiger partial charge is 0.416 e. The predicted octanol–water partition coefficient (Wildman–Crippen LogP) is 6.13. The zero-order valence-electron chi connectivity index (χ0n) is 15.6. The van der Waals surface area contributed by atoms with E-state index in [1.54, 1.807) is 12.3 Å². The van der Waals surface area contributed by atoms with E-state index < -0.39 is 11.7 Å². The van der Waals surface area contributed by atoms with Crippen LogP contribution >= 0.6 is 0 Å². The lowest BCUT2D eigenvalue weighted by molar-refractivity contribution is -0.137. The number of imidazole rings is 1. The second kappa shape index (κ2) is 7.95. The highest BCUT2D eigenvalue weighted by atomic mass is 19.4. The molecule has 0 N–H and O–H groups in total. The number of halogens is 3. The molecule has 0 aliphatic rings. The van der Waals surface area contributed by atoms with E-state index in [0.717, 1.165) is 23.0 Å². The van der Waals surface area contributed by atoms with Crippen molar-refractivity contribution in [2.24, 2.45) is 0 Å². The Morgan fingerprint density at radius 2 is 1.41 bits per heavy atom. The third-order valence-electron chi connectivity index (χ3n) is 4.88. The maximum absolute atomic E-state index is 13.1. The van der Waals surface area contributed by atoms with Crippen molar-refractivity contribution in [3.63, 3.8) is 0 Å². The summed E-state index contributed by atoms with van der Waals surface area (Å²) in [5.74, 6) is 0.679. The molecule has 1 heterocycles. The Labute approximate surface area is 167 Å². The minimum atomic E-state index is -4.36. The van der Waals surface area contributed by atoms with Crippen LogP contribution in [0.2, 0.25) is 0 Å². The highest BCUT2D eigenvalue weighted by molar-refractivity contribution is 5.39. The molecule has 0 amide bonds. The SMILES string of the molecule is FC(F)(F)c1cccc(Cn2ccnc2C(c2ccccc2)c2ccccc2)c1. The first-order valence-electron chi connectivity index (χ1n) is 9.29. The van der Waals surface area contributed by atoms with Crippen molar-refractivity contribution in [3.05, 3.63) is 125 Å². The van der Waals surface area contributed by atoms with Crippen molar-refractivity contribution in [3.8, 4) is 0 Å². The van der Waals surface area contributed by atoms with Crippen LogP contribution in [-0.4, -0.2) is 9.55 Å². The minimum Gasteiger partial charge on any atom is -0.330 e. The van der Waals surface area contributed by atoms with E-state index in [-0.39, 0.29) is 5.92 Å². The van der Waals surface area contributed by atoms with Gasteiger partial charge in [-0.1, -0.05) is 72.8 Å². The Bertz CT molecular complexity index is 1030. The van der Waals surface area contributed by atoms with Crippen LogP contribution < -0.4 is 0 Å². The molecule has 3 aromatic carbocycles. The van der Waals surface area contributed by atoms with Gasteiger partial charge in [-0.05, 0) is 28.8 Å². The second-order valence-corrected chi connectivity index (χ2v) is 6.87. The van der Waals surface area contributed by atoms with Gasteiger partial charge >= 0.3 is 6.18 Å². The fourth-order valence-corrected chi connectivity index (χ4v) is 3.54. The summed E-state index contributed by atoms with van der Waals surface area (Å²) in [6, 6.07) is 25.4. The van der Waals surface area contributed by atoms with Crippen molar-refractivity contribution in [1.29, 1.82) is 0 Å². The normalized spacial score (nSPS) is 11.7. The molecule has 0 aliphatic heterocycles. The third-order valence-corrected chi connectivity index (χ3v) is 4.88. The van der Waals surface area contributed by atoms with Crippen LogP contribution in [0.25, 0.3) is 0 Å². The summed E-state index contributed by atoms with van der Waals surface area (Å²) in [5.41, 5.74) is 2.10. The average Bonchev–Trinajstić information content (AvgIpc) is 3.17. The second-order valence-electron chi connectivity index (χ2n) is 6.87. The molecule has 4 aromatic rings. The van der Waals surface area contributed by atoms with E-state index in [4.69, 9.17) is 0 Å². The molecule has 4 rings (SSSR count). The molecule has 5 heteroatoms. The van der Waals surface area contributed by atoms with Crippen molar-refractivity contribution >= 4 is 0 Å². The summed E-state index contributed by atoms with van der Waals surface area (Å²) in [4.78, 5) is 4.58. The molecule has 146 valence electrons. The number of hydrogen-bond donors (Lipinski definition) is 0. The molecule has 0 radical (unpaired) electrons. The quantitative estimate of drug-likeness (QED) is 0.399. The number of alkyl halides is 3. The van der Waals surface area contributed by atoms with Gasteiger partial charge in [0.25, 0.3) is 0 Å². The Hall–Kier alpha value is -3.34. The number of hydrogen-bond acceptors (Lipinski definition) is 1. The minimum absolute atomic E-state index is 0.113. The first kappa shape index (κ1) is 19.0. The standard InChI is InChI=1S/C24H19F3N2/c25-24(26,27)21-13-7-8-18(16-21)17-29-15-14-28-23(29)22(19-9-3-1-4-10-19)20-11-5-2-6-12-20/h1-16,22H,17H2. The van der Waals surface area contributed by atoms with Crippen molar-refractivity contribution in [2.45, 2.75) is 18.6 Å². The molecule has 2 nitrogen and oxygen atoms in total. The molecule has 0 spiro atoms. The Morgan fingerprint density at radius 1 is 0.793 bits per heavy atom. The van der Waals surface area contributed by atoms with Crippen molar-refractivity contribution < 1.29 is 13.2 Å². The van der Waals surface area contributed by atoms with Gasteiger partial charge in [0.05, 0.1) is 11.5 Å². The first-order valence-corrected chi connectivity index (χ1v) is 9.29. The van der Waals surface area contributed by atoms with Gasteiger partial charge in [0.15, 0.2) is 0 Å². The summed E-state index contributed by atoms with van der Waals surface area (Å²) >= 11 is 0. The fraction of sp³-hybridized carbons (Fsp3) is 0.125. The molecule has 0 atom stereocenters. The van der Waals surface area contributed by atoms with Crippen LogP contribution in [0.3, 0.4) is 0 Å². The number of nitrogens with zero attached hydrogens (tertiary/aromatic N) is 2. The topological polar surface area (TPSA) is 17.8 Å². The summed E-state index contributed by atoms with van der Waals surface area (Å²) in [6.07, 6.45) is -0.847. The Morgan fingerprint density at radius 3 is 2.00 bits per heavy atom. The number of aromatic nitrogens is 2. The lowest BCUT2D eigenvalue weighted by Gasteiger charge is -2.20. The van der Waals surface area contributed by atoms with Crippen molar-refractivity contribution in [1.82, 2.24) is 9.55 Å². The predicted molar refractivity (Wildman–Crippen MR) is 107 cm³/mol. The molecular formula is C24H19F3N2. The van der Waals surface area contributed by atoms with Gasteiger partial charge in [0, 0.05) is 18.9 Å². The first-order chi connectivity index (χ1) is 14.0. The zero-order valence-corrected chi connectivity index (χ0v) is 15.6. The van der Waals surface area contributed by atoms with Gasteiger partial charge in [0.1, 0.15) is 5.82 Å². The molecule has 0 fully saturated rings. The lowest BCUT2D eigenvalue weighted by atomic mass is 9.90. The summed E-state index contributed by atoms with van der Waals surface area (Å²) in [6.45, 7) is 0.315. The molecule has 0 aliphatic carbocycles. The number of benzene rings is 3. The lowest BCUT2D eigenvalue weighted by Crippen LogP contribution is -2.13. The number of rotatable bonds is 5. The van der Waals surface area contributed by atoms with Crippen LogP contribution in [0.4, 0.5) is 13.2 Å². The van der Waals surface area contributed by atoms with E-state index >= 15 is 0 Å². The Balaban J connectivity index is 1.74. The van der Waals surface area contributed by atoms with E-state index in [9.17, 15) is 13.2 Å². The average molecular weight is 392 g/mol. The summed E-state index contributed by atoms with van der Waals surface area (Å²) < 4.78 is 41.1. The van der Waals surface area contributed by atoms with E-state index in [1.165, 1.54) is 12.1 Å². The van der Waals surface area contributed by atoms with Crippen LogP contribution in [0.15, 0.2) is 97.3 Å². The molecular weight excluding hydrogens is 373 g/mol. The van der Waals surface area contributed by atoms with Crippen molar-refractivity contribution in [2.75, 3.05) is 0 Å². The van der Waals surface area contributed by atoms with Gasteiger partial charge in [-0.2, -0.15) is 13.2 Å². The summed E-state index contributed by atoms with van der Waals surface area (Å²) in [5, 5.41) is 0. The maximum atomic E-state index is 13.1. The molecule has 0 unspecified atom stereocenters. The van der Waals surface area contributed by atoms with Crippen LogP contribution in [0, 0.1) is 0 Å². The highest BCUT2D eigenvalue weighted by Crippen LogP contribution is 2.32. The van der Waals surface area contributed by atoms with Crippen LogP contribution in [0.1, 0.15) is 34.0 Å². The zero-order chi connectivity index (χ0) is 20.3. The van der Waals surface area contributed by atoms with Gasteiger partial charge in [0.2, 0.25) is 0 Å². The summed E-state index contributed by atoms with van der Waals surface area (Å²) in [7, 11) is 0. The van der Waals surface area contributed by atoms with Gasteiger partial charge in [-0.3, -0.25) is 0 Å². The smallest absolute Gasteiger partial charge is 0.330 e. The monoisotopic (exact) mass is 392 g/mol. The maximum Gasteiger partial charge on any atom is 0.416 e. The third kappa shape index (κ3) is 4.24. The fourth-order valence-electron chi connectivity index (χ4n) is 3.54. The van der Waals surface area contributed by atoms with Gasteiger partial charge < -0.3 is 4.57 Å². The molecule has 29 heavy (non-hydrogen) atoms. The van der Waals surface area contributed by atoms with E-state index in [0.29, 0.717) is 12.1 Å². The van der Waals surface area contributed by atoms with Crippen LogP contribution in [0.5, 0.6) is 0 Å². The molecule has 0 bridgehead atoms. The molecule has 1 aromatic heterocycles. The van der Waals surface area contributed by atoms with E-state index in [2.05, 4.69) is 4.98 Å².